The SMILES string of the molecule is CO[C@@H]1C[C@@H](CO)N(c2ncnc3[nH]ncc23)C1. The molecule has 7 nitrogen and oxygen atoms in total. The average molecular weight is 249 g/mol. The molecule has 0 aliphatic carbocycles. The van der Waals surface area contributed by atoms with Crippen molar-refractivity contribution in [2.24, 2.45) is 0 Å². The highest BCUT2D eigenvalue weighted by atomic mass is 16.5. The Morgan fingerprint density at radius 3 is 3.22 bits per heavy atom. The molecule has 0 amide bonds. The van der Waals surface area contributed by atoms with Crippen molar-refractivity contribution < 1.29 is 9.84 Å². The van der Waals surface area contributed by atoms with Crippen molar-refractivity contribution >= 4 is 16.9 Å². The number of H-pyrrole nitrogens is 1. The molecule has 3 rings (SSSR count). The first-order valence-corrected chi connectivity index (χ1v) is 5.88. The van der Waals surface area contributed by atoms with E-state index in [0.717, 1.165) is 24.2 Å². The van der Waals surface area contributed by atoms with Gasteiger partial charge in [-0.1, -0.05) is 0 Å². The van der Waals surface area contributed by atoms with Crippen LogP contribution < -0.4 is 4.90 Å². The second-order valence-corrected chi connectivity index (χ2v) is 4.41. The number of nitrogens with zero attached hydrogens (tertiary/aromatic N) is 4. The monoisotopic (exact) mass is 249 g/mol. The zero-order valence-corrected chi connectivity index (χ0v) is 10.1. The molecule has 0 unspecified atom stereocenters. The number of aromatic amines is 1. The van der Waals surface area contributed by atoms with Gasteiger partial charge < -0.3 is 14.7 Å². The lowest BCUT2D eigenvalue weighted by Gasteiger charge is -2.23. The van der Waals surface area contributed by atoms with E-state index in [1.54, 1.807) is 13.3 Å². The van der Waals surface area contributed by atoms with Crippen LogP contribution in [0, 0.1) is 0 Å². The molecule has 1 aliphatic heterocycles. The molecule has 0 saturated carbocycles. The van der Waals surface area contributed by atoms with E-state index in [1.165, 1.54) is 6.33 Å². The standard InChI is InChI=1S/C11H15N5O2/c1-18-8-2-7(5-17)16(4-8)11-9-3-14-15-10(9)12-6-13-11/h3,6-8,17H,2,4-5H2,1H3,(H,12,13,14,15)/t7-,8+/m0/s1. The second kappa shape index (κ2) is 4.51. The van der Waals surface area contributed by atoms with Gasteiger partial charge in [-0.2, -0.15) is 5.10 Å². The van der Waals surface area contributed by atoms with Crippen molar-refractivity contribution in [2.75, 3.05) is 25.2 Å². The molecule has 2 atom stereocenters. The van der Waals surface area contributed by atoms with Gasteiger partial charge in [0.1, 0.15) is 12.1 Å². The predicted molar refractivity (Wildman–Crippen MR) is 65.3 cm³/mol. The number of ether oxygens (including phenoxy) is 1. The van der Waals surface area contributed by atoms with Gasteiger partial charge >= 0.3 is 0 Å². The summed E-state index contributed by atoms with van der Waals surface area (Å²) in [6, 6.07) is 0.0305. The molecule has 3 heterocycles. The average Bonchev–Trinajstić information content (AvgIpc) is 3.04. The van der Waals surface area contributed by atoms with Gasteiger partial charge in [-0.15, -0.1) is 0 Å². The number of fused-ring (bicyclic) bond motifs is 1. The molecule has 0 spiro atoms. The number of hydrogen-bond acceptors (Lipinski definition) is 6. The van der Waals surface area contributed by atoms with Gasteiger partial charge in [0.05, 0.1) is 30.3 Å². The Morgan fingerprint density at radius 1 is 1.56 bits per heavy atom. The maximum Gasteiger partial charge on any atom is 0.160 e. The zero-order valence-electron chi connectivity index (χ0n) is 10.1. The lowest BCUT2D eigenvalue weighted by atomic mass is 10.2. The fourth-order valence-corrected chi connectivity index (χ4v) is 2.46. The van der Waals surface area contributed by atoms with Gasteiger partial charge in [0, 0.05) is 13.7 Å². The molecule has 18 heavy (non-hydrogen) atoms. The molecule has 2 aromatic heterocycles. The Hall–Kier alpha value is -1.73. The van der Waals surface area contributed by atoms with Crippen molar-refractivity contribution in [1.29, 1.82) is 0 Å². The molecule has 2 N–H and O–H groups in total. The third kappa shape index (κ3) is 1.72. The lowest BCUT2D eigenvalue weighted by molar-refractivity contribution is 0.115. The first-order chi connectivity index (χ1) is 8.83. The van der Waals surface area contributed by atoms with Crippen LogP contribution >= 0.6 is 0 Å². The summed E-state index contributed by atoms with van der Waals surface area (Å²) in [4.78, 5) is 10.5. The van der Waals surface area contributed by atoms with Crippen molar-refractivity contribution in [3.8, 4) is 0 Å². The van der Waals surface area contributed by atoms with Crippen LogP contribution in [0.3, 0.4) is 0 Å². The minimum Gasteiger partial charge on any atom is -0.394 e. The number of rotatable bonds is 3. The number of methoxy groups -OCH3 is 1. The number of anilines is 1. The van der Waals surface area contributed by atoms with Crippen LogP contribution in [0.25, 0.3) is 11.0 Å². The maximum absolute atomic E-state index is 9.47. The number of aliphatic hydroxyl groups excluding tert-OH is 1. The molecular formula is C11H15N5O2. The van der Waals surface area contributed by atoms with Crippen LogP contribution in [0.1, 0.15) is 6.42 Å². The van der Waals surface area contributed by atoms with E-state index < -0.39 is 0 Å². The van der Waals surface area contributed by atoms with E-state index in [-0.39, 0.29) is 18.8 Å². The van der Waals surface area contributed by atoms with E-state index in [9.17, 15) is 5.11 Å². The molecule has 2 aromatic rings. The smallest absolute Gasteiger partial charge is 0.160 e. The van der Waals surface area contributed by atoms with E-state index in [0.29, 0.717) is 5.65 Å². The first kappa shape index (κ1) is 11.4. The molecule has 1 fully saturated rings. The molecule has 1 aliphatic rings. The third-order valence-electron chi connectivity index (χ3n) is 3.42. The summed E-state index contributed by atoms with van der Waals surface area (Å²) in [7, 11) is 1.69. The number of hydrogen-bond donors (Lipinski definition) is 2. The molecule has 1 saturated heterocycles. The van der Waals surface area contributed by atoms with Crippen molar-refractivity contribution in [1.82, 2.24) is 20.2 Å². The fraction of sp³-hybridized carbons (Fsp3) is 0.545. The van der Waals surface area contributed by atoms with E-state index in [4.69, 9.17) is 4.74 Å². The van der Waals surface area contributed by atoms with Crippen LogP contribution in [0.5, 0.6) is 0 Å². The molecule has 0 bridgehead atoms. The van der Waals surface area contributed by atoms with Crippen LogP contribution in [0.4, 0.5) is 5.82 Å². The van der Waals surface area contributed by atoms with Gasteiger partial charge in [-0.25, -0.2) is 9.97 Å². The summed E-state index contributed by atoms with van der Waals surface area (Å²) in [6.07, 6.45) is 4.14. The van der Waals surface area contributed by atoms with Gasteiger partial charge in [0.25, 0.3) is 0 Å². The van der Waals surface area contributed by atoms with E-state index in [1.807, 2.05) is 0 Å². The van der Waals surface area contributed by atoms with Gasteiger partial charge in [-0.05, 0) is 6.42 Å². The minimum atomic E-state index is 0.0305. The first-order valence-electron chi connectivity index (χ1n) is 5.88. The number of aromatic nitrogens is 4. The van der Waals surface area contributed by atoms with Crippen LogP contribution in [0.2, 0.25) is 0 Å². The fourth-order valence-electron chi connectivity index (χ4n) is 2.46. The highest BCUT2D eigenvalue weighted by Crippen LogP contribution is 2.29. The molecule has 0 radical (unpaired) electrons. The Bertz CT molecular complexity index is 543. The highest BCUT2D eigenvalue weighted by molar-refractivity contribution is 5.86. The summed E-state index contributed by atoms with van der Waals surface area (Å²) < 4.78 is 5.37. The van der Waals surface area contributed by atoms with Crippen LogP contribution in [0.15, 0.2) is 12.5 Å². The third-order valence-corrected chi connectivity index (χ3v) is 3.42. The minimum absolute atomic E-state index is 0.0305. The van der Waals surface area contributed by atoms with Gasteiger partial charge in [0.2, 0.25) is 0 Å². The molecule has 7 heteroatoms. The maximum atomic E-state index is 9.47. The van der Waals surface area contributed by atoms with E-state index >= 15 is 0 Å². The van der Waals surface area contributed by atoms with Crippen LogP contribution in [-0.4, -0.2) is 57.7 Å². The molecule has 0 aromatic carbocycles. The van der Waals surface area contributed by atoms with Gasteiger partial charge in [0.15, 0.2) is 5.65 Å². The van der Waals surface area contributed by atoms with Crippen molar-refractivity contribution in [3.63, 3.8) is 0 Å². The summed E-state index contributed by atoms with van der Waals surface area (Å²) in [5, 5.41) is 17.1. The highest BCUT2D eigenvalue weighted by Gasteiger charge is 2.33. The summed E-state index contributed by atoms with van der Waals surface area (Å²) in [5.74, 6) is 0.798. The Morgan fingerprint density at radius 2 is 2.44 bits per heavy atom. The predicted octanol–water partition coefficient (Wildman–Crippen LogP) is -0.0611. The lowest BCUT2D eigenvalue weighted by Crippen LogP contribution is -2.33. The summed E-state index contributed by atoms with van der Waals surface area (Å²) in [5.41, 5.74) is 0.706. The summed E-state index contributed by atoms with van der Waals surface area (Å²) >= 11 is 0. The zero-order chi connectivity index (χ0) is 12.5. The van der Waals surface area contributed by atoms with Crippen molar-refractivity contribution in [2.45, 2.75) is 18.6 Å². The normalized spacial score (nSPS) is 24.0. The number of nitrogens with one attached hydrogen (secondary N) is 1. The van der Waals surface area contributed by atoms with Gasteiger partial charge in [-0.3, -0.25) is 5.10 Å². The second-order valence-electron chi connectivity index (χ2n) is 4.41. The summed E-state index contributed by atoms with van der Waals surface area (Å²) in [6.45, 7) is 0.808. The van der Waals surface area contributed by atoms with E-state index in [2.05, 4.69) is 25.1 Å². The Labute approximate surface area is 104 Å². The molecular weight excluding hydrogens is 234 g/mol. The molecule has 96 valence electrons. The Kier molecular flexibility index (Phi) is 2.85. The topological polar surface area (TPSA) is 87.2 Å². The van der Waals surface area contributed by atoms with Crippen molar-refractivity contribution in [3.05, 3.63) is 12.5 Å². The Balaban J connectivity index is 2.00. The largest absolute Gasteiger partial charge is 0.394 e. The van der Waals surface area contributed by atoms with Crippen LogP contribution in [-0.2, 0) is 4.74 Å². The number of aliphatic hydroxyl groups is 1. The quantitative estimate of drug-likeness (QED) is 0.792.